The predicted octanol–water partition coefficient (Wildman–Crippen LogP) is 2.64. The first kappa shape index (κ1) is 17.2. The van der Waals surface area contributed by atoms with Crippen LogP contribution in [0.4, 0.5) is 5.69 Å². The van der Waals surface area contributed by atoms with Crippen molar-refractivity contribution in [2.75, 3.05) is 31.5 Å². The molecule has 130 valence electrons. The summed E-state index contributed by atoms with van der Waals surface area (Å²) in [6, 6.07) is 10.6. The van der Waals surface area contributed by atoms with Gasteiger partial charge in [0.15, 0.2) is 16.7 Å². The molecule has 3 rings (SSSR count). The Morgan fingerprint density at radius 3 is 2.24 bits per heavy atom. The van der Waals surface area contributed by atoms with Crippen LogP contribution in [0.5, 0.6) is 0 Å². The number of carbonyl (C=O) groups excluding carboxylic acids is 2. The third kappa shape index (κ3) is 4.06. The van der Waals surface area contributed by atoms with Crippen LogP contribution in [0.1, 0.15) is 27.8 Å². The minimum atomic E-state index is -0.0941. The molecule has 1 aliphatic rings. The molecule has 1 aromatic heterocycles. The van der Waals surface area contributed by atoms with Crippen molar-refractivity contribution in [3.63, 3.8) is 0 Å². The van der Waals surface area contributed by atoms with E-state index in [2.05, 4.69) is 5.32 Å². The van der Waals surface area contributed by atoms with Gasteiger partial charge in [0.2, 0.25) is 0 Å². The maximum atomic E-state index is 12.3. The van der Waals surface area contributed by atoms with Crippen LogP contribution >= 0.6 is 12.2 Å². The fourth-order valence-electron chi connectivity index (χ4n) is 2.66. The summed E-state index contributed by atoms with van der Waals surface area (Å²) in [5.41, 5.74) is 1.51. The van der Waals surface area contributed by atoms with E-state index in [0.29, 0.717) is 42.6 Å². The first-order valence-electron chi connectivity index (χ1n) is 8.04. The van der Waals surface area contributed by atoms with E-state index in [1.165, 1.54) is 13.2 Å². The molecule has 1 N–H and O–H groups in total. The molecule has 0 aliphatic carbocycles. The van der Waals surface area contributed by atoms with Gasteiger partial charge < -0.3 is 19.5 Å². The highest BCUT2D eigenvalue weighted by atomic mass is 32.1. The van der Waals surface area contributed by atoms with Gasteiger partial charge in [0.05, 0.1) is 6.26 Å². The van der Waals surface area contributed by atoms with Crippen molar-refractivity contribution in [3.05, 3.63) is 54.0 Å². The van der Waals surface area contributed by atoms with Crippen molar-refractivity contribution in [1.82, 2.24) is 9.80 Å². The second-order valence-corrected chi connectivity index (χ2v) is 6.21. The lowest BCUT2D eigenvalue weighted by Crippen LogP contribution is -2.51. The third-order valence-electron chi connectivity index (χ3n) is 4.13. The van der Waals surface area contributed by atoms with E-state index in [4.69, 9.17) is 16.6 Å². The molecule has 2 heterocycles. The highest BCUT2D eigenvalue weighted by Crippen LogP contribution is 2.13. The number of piperazine rings is 1. The zero-order chi connectivity index (χ0) is 17.8. The van der Waals surface area contributed by atoms with Gasteiger partial charge in [0.25, 0.3) is 5.91 Å². The first-order valence-corrected chi connectivity index (χ1v) is 8.45. The SMILES string of the molecule is CC(=O)c1ccc(NC(=S)N2CCN(C(=O)c3ccco3)CC2)cc1. The van der Waals surface area contributed by atoms with Gasteiger partial charge in [-0.25, -0.2) is 0 Å². The molecular formula is C18H19N3O3S. The number of Topliss-reactive ketones (excluding diaryl/α,β-unsaturated/α-hetero) is 1. The molecule has 1 fully saturated rings. The molecule has 0 saturated carbocycles. The number of hydrogen-bond acceptors (Lipinski definition) is 4. The monoisotopic (exact) mass is 357 g/mol. The Labute approximate surface area is 151 Å². The number of nitrogens with zero attached hydrogens (tertiary/aromatic N) is 2. The first-order chi connectivity index (χ1) is 12.0. The van der Waals surface area contributed by atoms with Gasteiger partial charge in [-0.2, -0.15) is 0 Å². The molecule has 1 aliphatic heterocycles. The summed E-state index contributed by atoms with van der Waals surface area (Å²) in [5, 5.41) is 3.79. The van der Waals surface area contributed by atoms with E-state index in [1.54, 1.807) is 29.2 Å². The normalized spacial score (nSPS) is 14.3. The largest absolute Gasteiger partial charge is 0.459 e. The molecule has 0 bridgehead atoms. The summed E-state index contributed by atoms with van der Waals surface area (Å²) in [4.78, 5) is 27.3. The maximum absolute atomic E-state index is 12.3. The second-order valence-electron chi connectivity index (χ2n) is 5.82. The summed E-state index contributed by atoms with van der Waals surface area (Å²) in [7, 11) is 0. The molecule has 6 nitrogen and oxygen atoms in total. The summed E-state index contributed by atoms with van der Waals surface area (Å²) >= 11 is 5.45. The molecular weight excluding hydrogens is 338 g/mol. The van der Waals surface area contributed by atoms with Gasteiger partial charge in [-0.05, 0) is 55.5 Å². The van der Waals surface area contributed by atoms with E-state index >= 15 is 0 Å². The fraction of sp³-hybridized carbons (Fsp3) is 0.278. The summed E-state index contributed by atoms with van der Waals surface area (Å²) < 4.78 is 5.16. The van der Waals surface area contributed by atoms with Crippen molar-refractivity contribution in [2.24, 2.45) is 0 Å². The lowest BCUT2D eigenvalue weighted by Gasteiger charge is -2.35. The van der Waals surface area contributed by atoms with Crippen molar-refractivity contribution in [3.8, 4) is 0 Å². The van der Waals surface area contributed by atoms with E-state index in [-0.39, 0.29) is 11.7 Å². The number of amides is 1. The van der Waals surface area contributed by atoms with Crippen molar-refractivity contribution in [1.29, 1.82) is 0 Å². The van der Waals surface area contributed by atoms with Gasteiger partial charge in [-0.3, -0.25) is 9.59 Å². The molecule has 25 heavy (non-hydrogen) atoms. The number of anilines is 1. The highest BCUT2D eigenvalue weighted by molar-refractivity contribution is 7.80. The fourth-order valence-corrected chi connectivity index (χ4v) is 2.96. The topological polar surface area (TPSA) is 65.8 Å². The average molecular weight is 357 g/mol. The van der Waals surface area contributed by atoms with E-state index in [9.17, 15) is 9.59 Å². The van der Waals surface area contributed by atoms with E-state index in [0.717, 1.165) is 5.69 Å². The quantitative estimate of drug-likeness (QED) is 0.673. The van der Waals surface area contributed by atoms with Crippen LogP contribution in [0.15, 0.2) is 47.1 Å². The summed E-state index contributed by atoms with van der Waals surface area (Å²) in [5.74, 6) is 0.300. The number of thiocarbonyl (C=S) groups is 1. The smallest absolute Gasteiger partial charge is 0.289 e. The Bertz CT molecular complexity index is 763. The van der Waals surface area contributed by atoms with Gasteiger partial charge in [0.1, 0.15) is 0 Å². The Hall–Kier alpha value is -2.67. The minimum absolute atomic E-state index is 0.0338. The van der Waals surface area contributed by atoms with Crippen LogP contribution in [0.25, 0.3) is 0 Å². The van der Waals surface area contributed by atoms with Crippen LogP contribution in [-0.4, -0.2) is 52.8 Å². The predicted molar refractivity (Wildman–Crippen MR) is 98.9 cm³/mol. The van der Waals surface area contributed by atoms with Gasteiger partial charge in [0, 0.05) is 37.4 Å². The number of furan rings is 1. The molecule has 0 spiro atoms. The van der Waals surface area contributed by atoms with Crippen LogP contribution in [0.3, 0.4) is 0 Å². The molecule has 7 heteroatoms. The van der Waals surface area contributed by atoms with E-state index in [1.807, 2.05) is 17.0 Å². The molecule has 0 atom stereocenters. The van der Waals surface area contributed by atoms with Crippen LogP contribution in [-0.2, 0) is 0 Å². The Kier molecular flexibility index (Phi) is 5.14. The zero-order valence-electron chi connectivity index (χ0n) is 13.9. The second kappa shape index (κ2) is 7.48. The van der Waals surface area contributed by atoms with Crippen LogP contribution in [0.2, 0.25) is 0 Å². The molecule has 1 amide bonds. The third-order valence-corrected chi connectivity index (χ3v) is 4.49. The Morgan fingerprint density at radius 1 is 1.04 bits per heavy atom. The van der Waals surface area contributed by atoms with Crippen molar-refractivity contribution < 1.29 is 14.0 Å². The number of carbonyl (C=O) groups is 2. The summed E-state index contributed by atoms with van der Waals surface area (Å²) in [6.07, 6.45) is 1.50. The summed E-state index contributed by atoms with van der Waals surface area (Å²) in [6.45, 7) is 4.03. The van der Waals surface area contributed by atoms with Gasteiger partial charge >= 0.3 is 0 Å². The molecule has 0 radical (unpaired) electrons. The average Bonchev–Trinajstić information content (AvgIpc) is 3.16. The lowest BCUT2D eigenvalue weighted by molar-refractivity contribution is 0.0661. The van der Waals surface area contributed by atoms with Crippen LogP contribution < -0.4 is 5.32 Å². The Morgan fingerprint density at radius 2 is 1.68 bits per heavy atom. The Balaban J connectivity index is 1.53. The van der Waals surface area contributed by atoms with Crippen LogP contribution in [0, 0.1) is 0 Å². The molecule has 2 aromatic rings. The molecule has 1 aromatic carbocycles. The van der Waals surface area contributed by atoms with Gasteiger partial charge in [-0.1, -0.05) is 0 Å². The molecule has 1 saturated heterocycles. The number of nitrogens with one attached hydrogen (secondary N) is 1. The zero-order valence-corrected chi connectivity index (χ0v) is 14.7. The lowest BCUT2D eigenvalue weighted by atomic mass is 10.1. The number of hydrogen-bond donors (Lipinski definition) is 1. The van der Waals surface area contributed by atoms with Crippen molar-refractivity contribution >= 4 is 34.7 Å². The van der Waals surface area contributed by atoms with E-state index < -0.39 is 0 Å². The van der Waals surface area contributed by atoms with Gasteiger partial charge in [-0.15, -0.1) is 0 Å². The molecule has 0 unspecified atom stereocenters. The van der Waals surface area contributed by atoms with Crippen molar-refractivity contribution in [2.45, 2.75) is 6.92 Å². The standard InChI is InChI=1S/C18H19N3O3S/c1-13(22)14-4-6-15(7-5-14)19-18(25)21-10-8-20(9-11-21)17(23)16-3-2-12-24-16/h2-7,12H,8-11H2,1H3,(H,19,25). The minimum Gasteiger partial charge on any atom is -0.459 e. The number of rotatable bonds is 3. The highest BCUT2D eigenvalue weighted by Gasteiger charge is 2.24. The number of ketones is 1. The maximum Gasteiger partial charge on any atom is 0.289 e. The number of benzene rings is 1.